The first-order valence-electron chi connectivity index (χ1n) is 15.8. The predicted molar refractivity (Wildman–Crippen MR) is 188 cm³/mol. The minimum atomic E-state index is -0.935. The summed E-state index contributed by atoms with van der Waals surface area (Å²) in [5, 5.41) is 15.8. The number of rotatable bonds is 18. The molecule has 0 fully saturated rings. The van der Waals surface area contributed by atoms with E-state index in [-0.39, 0.29) is 17.1 Å². The molecule has 0 aromatic carbocycles. The molecule has 0 saturated carbocycles. The molecular formula is C34H68O6Sn2. The van der Waals surface area contributed by atoms with Crippen LogP contribution in [0.15, 0.2) is 36.5 Å². The van der Waals surface area contributed by atoms with Crippen molar-refractivity contribution in [3.63, 3.8) is 0 Å². The Morgan fingerprint density at radius 3 is 0.881 bits per heavy atom. The van der Waals surface area contributed by atoms with E-state index in [9.17, 15) is 14.4 Å². The molecule has 0 saturated heterocycles. The number of esters is 1. The van der Waals surface area contributed by atoms with Gasteiger partial charge in [-0.1, -0.05) is 19.7 Å². The van der Waals surface area contributed by atoms with Crippen LogP contribution >= 0.6 is 0 Å². The van der Waals surface area contributed by atoms with Crippen LogP contribution in [0.25, 0.3) is 0 Å². The van der Waals surface area contributed by atoms with Crippen molar-refractivity contribution in [2.24, 2.45) is 0 Å². The fourth-order valence-electron chi connectivity index (χ4n) is 3.27. The molecule has 0 amide bonds. The van der Waals surface area contributed by atoms with Gasteiger partial charge in [0.2, 0.25) is 0 Å². The Morgan fingerprint density at radius 2 is 0.762 bits per heavy atom. The molecule has 0 unspecified atom stereocenters. The number of hydrogen-bond acceptors (Lipinski definition) is 4. The fourth-order valence-corrected chi connectivity index (χ4v) is 20.9. The molecule has 8 heteroatoms. The van der Waals surface area contributed by atoms with Gasteiger partial charge < -0.3 is 14.9 Å². The average molecular weight is 810 g/mol. The molecule has 0 aliphatic heterocycles. The molecule has 0 atom stereocenters. The molecule has 0 bridgehead atoms. The van der Waals surface area contributed by atoms with Crippen molar-refractivity contribution in [1.29, 1.82) is 0 Å². The Kier molecular flexibility index (Phi) is 48.7. The summed E-state index contributed by atoms with van der Waals surface area (Å²) in [6.45, 7) is 28.2. The van der Waals surface area contributed by atoms with Gasteiger partial charge in [0.15, 0.2) is 0 Å². The Labute approximate surface area is 275 Å². The van der Waals surface area contributed by atoms with E-state index < -0.39 is 51.5 Å². The molecule has 248 valence electrons. The SMILES string of the molecule is C=C(C)C(=O)O.C=C(C)C(=O)O.C=C(C)C(=O)OC.CCC[CH2][Sn]([CH2]CCC)[CH2]CCC.CC[CH2][Sn]([CH2]CC)[CH2]CC. The van der Waals surface area contributed by atoms with Crippen molar-refractivity contribution in [3.05, 3.63) is 36.5 Å². The third-order valence-corrected chi connectivity index (χ3v) is 25.1. The van der Waals surface area contributed by atoms with Crippen molar-refractivity contribution in [2.45, 2.75) is 147 Å². The fraction of sp³-hybridized carbons (Fsp3) is 0.735. The summed E-state index contributed by atoms with van der Waals surface area (Å²) in [5.41, 5.74) is 0.785. The van der Waals surface area contributed by atoms with Gasteiger partial charge in [-0.25, -0.2) is 14.4 Å². The molecule has 42 heavy (non-hydrogen) atoms. The van der Waals surface area contributed by atoms with Crippen LogP contribution in [0.3, 0.4) is 0 Å². The van der Waals surface area contributed by atoms with Crippen LogP contribution in [-0.4, -0.2) is 74.7 Å². The van der Waals surface area contributed by atoms with Gasteiger partial charge in [-0.2, -0.15) is 0 Å². The quantitative estimate of drug-likeness (QED) is 0.0812. The minimum absolute atomic E-state index is 0.176. The first-order valence-corrected chi connectivity index (χ1v) is 28.0. The van der Waals surface area contributed by atoms with Crippen LogP contribution in [0.1, 0.15) is 120 Å². The Hall–Kier alpha value is -0.773. The van der Waals surface area contributed by atoms with Gasteiger partial charge >= 0.3 is 183 Å². The summed E-state index contributed by atoms with van der Waals surface area (Å²) in [6.07, 6.45) is 13.2. The van der Waals surface area contributed by atoms with Crippen LogP contribution in [0.4, 0.5) is 0 Å². The molecule has 0 heterocycles. The zero-order valence-corrected chi connectivity index (χ0v) is 35.0. The molecule has 0 aliphatic carbocycles. The summed E-state index contributed by atoms with van der Waals surface area (Å²) in [7, 11) is 1.33. The second-order valence-corrected chi connectivity index (χ2v) is 27.6. The Balaban J connectivity index is -0.000000141. The number of aliphatic carboxylic acids is 2. The number of carboxylic acid groups (broad SMARTS) is 2. The zero-order valence-electron chi connectivity index (χ0n) is 29.3. The third kappa shape index (κ3) is 48.9. The van der Waals surface area contributed by atoms with Crippen LogP contribution in [0, 0.1) is 0 Å². The predicted octanol–water partition coefficient (Wildman–Crippen LogP) is 10.6. The molecule has 0 aromatic heterocycles. The number of carbonyl (C=O) groups is 3. The molecule has 6 nitrogen and oxygen atoms in total. The maximum atomic E-state index is 10.2. The zero-order chi connectivity index (χ0) is 33.9. The van der Waals surface area contributed by atoms with Crippen molar-refractivity contribution < 1.29 is 29.3 Å². The third-order valence-electron chi connectivity index (χ3n) is 5.73. The number of ether oxygens (including phenoxy) is 1. The first kappa shape index (κ1) is 50.8. The van der Waals surface area contributed by atoms with Crippen molar-refractivity contribution in [2.75, 3.05) is 7.11 Å². The van der Waals surface area contributed by atoms with E-state index >= 15 is 0 Å². The molecule has 0 spiro atoms. The normalized spacial score (nSPS) is 9.43. The van der Waals surface area contributed by atoms with E-state index in [1.165, 1.54) is 78.7 Å². The number of methoxy groups -OCH3 is 1. The Bertz CT molecular complexity index is 610. The first-order chi connectivity index (χ1) is 19.7. The van der Waals surface area contributed by atoms with Crippen molar-refractivity contribution in [3.8, 4) is 0 Å². The van der Waals surface area contributed by atoms with Crippen molar-refractivity contribution >= 4 is 57.4 Å². The monoisotopic (exact) mass is 812 g/mol. The standard InChI is InChI=1S/C5H8O2.2C4H6O2.3C4H9.3C3H7.2Sn/c1-4(2)5(6)7-3;2*1-3(2)4(5)6;3*1-3-4-2;3*1-3-2;;/h1H2,2-3H3;2*1H2,2H3,(H,5,6);3*1,3-4H2,2H3;3*1,3H2,2H3;;. The van der Waals surface area contributed by atoms with E-state index in [0.29, 0.717) is 5.57 Å². The Morgan fingerprint density at radius 1 is 0.524 bits per heavy atom. The number of carbonyl (C=O) groups excluding carboxylic acids is 1. The van der Waals surface area contributed by atoms with Gasteiger partial charge in [0.25, 0.3) is 0 Å². The van der Waals surface area contributed by atoms with Crippen molar-refractivity contribution in [1.82, 2.24) is 0 Å². The van der Waals surface area contributed by atoms with Crippen LogP contribution in [0.2, 0.25) is 26.6 Å². The van der Waals surface area contributed by atoms with Gasteiger partial charge in [-0.15, -0.1) is 0 Å². The average Bonchev–Trinajstić information content (AvgIpc) is 2.93. The van der Waals surface area contributed by atoms with Crippen LogP contribution < -0.4 is 0 Å². The molecule has 0 aliphatic rings. The van der Waals surface area contributed by atoms with E-state index in [0.717, 1.165) is 0 Å². The molecule has 0 aromatic rings. The topological polar surface area (TPSA) is 101 Å². The molecule has 2 radical (unpaired) electrons. The molecule has 2 N–H and O–H groups in total. The van der Waals surface area contributed by atoms with E-state index in [1.807, 2.05) is 0 Å². The van der Waals surface area contributed by atoms with E-state index in [1.54, 1.807) is 33.5 Å². The molecular weight excluding hydrogens is 742 g/mol. The van der Waals surface area contributed by atoms with E-state index in [2.05, 4.69) is 66.0 Å². The summed E-state index contributed by atoms with van der Waals surface area (Å²) in [5.74, 6) is -2.22. The maximum absolute atomic E-state index is 10.2. The van der Waals surface area contributed by atoms with Gasteiger partial charge in [-0.05, 0) is 20.8 Å². The summed E-state index contributed by atoms with van der Waals surface area (Å²) in [4.78, 5) is 29.4. The van der Waals surface area contributed by atoms with Gasteiger partial charge in [-0.3, -0.25) is 0 Å². The molecule has 0 rings (SSSR count). The summed E-state index contributed by atoms with van der Waals surface area (Å²) < 4.78 is 14.2. The summed E-state index contributed by atoms with van der Waals surface area (Å²) >= 11 is -1.60. The van der Waals surface area contributed by atoms with Crippen LogP contribution in [0.5, 0.6) is 0 Å². The van der Waals surface area contributed by atoms with Gasteiger partial charge in [0, 0.05) is 16.7 Å². The second-order valence-electron chi connectivity index (χ2n) is 10.5. The number of hydrogen-bond donors (Lipinski definition) is 2. The second kappa shape index (κ2) is 40.2. The van der Waals surface area contributed by atoms with Gasteiger partial charge in [0.05, 0.1) is 7.11 Å². The number of carboxylic acids is 2. The number of unbranched alkanes of at least 4 members (excludes halogenated alkanes) is 3. The van der Waals surface area contributed by atoms with Gasteiger partial charge in [0.1, 0.15) is 0 Å². The summed E-state index contributed by atoms with van der Waals surface area (Å²) in [6, 6.07) is 0. The van der Waals surface area contributed by atoms with Crippen LogP contribution in [-0.2, 0) is 19.1 Å². The van der Waals surface area contributed by atoms with E-state index in [4.69, 9.17) is 10.2 Å².